The highest BCUT2D eigenvalue weighted by atomic mass is 79.9. The quantitative estimate of drug-likeness (QED) is 0.917. The summed E-state index contributed by atoms with van der Waals surface area (Å²) >= 11 is 3.50. The van der Waals surface area contributed by atoms with E-state index in [2.05, 4.69) is 59.0 Å². The van der Waals surface area contributed by atoms with E-state index in [0.29, 0.717) is 17.7 Å². The van der Waals surface area contributed by atoms with E-state index in [1.807, 2.05) is 4.90 Å². The van der Waals surface area contributed by atoms with E-state index in [1.165, 1.54) is 0 Å². The van der Waals surface area contributed by atoms with Crippen LogP contribution < -0.4 is 0 Å². The first-order chi connectivity index (χ1) is 9.41. The van der Waals surface area contributed by atoms with Crippen molar-refractivity contribution in [3.63, 3.8) is 0 Å². The molecule has 0 spiro atoms. The van der Waals surface area contributed by atoms with Gasteiger partial charge in [-0.1, -0.05) is 13.8 Å². The molecule has 5 nitrogen and oxygen atoms in total. The van der Waals surface area contributed by atoms with Gasteiger partial charge in [0.2, 0.25) is 0 Å². The maximum absolute atomic E-state index is 12.5. The molecule has 2 heterocycles. The fourth-order valence-corrected chi connectivity index (χ4v) is 3.41. The fourth-order valence-electron chi connectivity index (χ4n) is 2.60. The maximum Gasteiger partial charge on any atom is 0.275 e. The zero-order chi connectivity index (χ0) is 14.9. The molecule has 2 rings (SSSR count). The van der Waals surface area contributed by atoms with Gasteiger partial charge in [0.25, 0.3) is 5.91 Å². The predicted octanol–water partition coefficient (Wildman–Crippen LogP) is 2.46. The standard InChI is InChI=1S/C14H23BrN4O/c1-9(2)12-11(15)13(17-16-12)14(20)19-7-5-10(6-8-19)18(3)4/h9-10H,5-8H2,1-4H3,(H,16,17). The topological polar surface area (TPSA) is 52.2 Å². The largest absolute Gasteiger partial charge is 0.337 e. The highest BCUT2D eigenvalue weighted by Crippen LogP contribution is 2.27. The molecular formula is C14H23BrN4O. The summed E-state index contributed by atoms with van der Waals surface area (Å²) in [4.78, 5) is 16.7. The van der Waals surface area contributed by atoms with E-state index >= 15 is 0 Å². The van der Waals surface area contributed by atoms with Gasteiger partial charge < -0.3 is 9.80 Å². The number of hydrogen-bond acceptors (Lipinski definition) is 3. The number of carbonyl (C=O) groups is 1. The molecule has 0 radical (unpaired) electrons. The molecule has 1 aromatic heterocycles. The van der Waals surface area contributed by atoms with Crippen molar-refractivity contribution >= 4 is 21.8 Å². The van der Waals surface area contributed by atoms with Crippen molar-refractivity contribution in [1.82, 2.24) is 20.0 Å². The number of aromatic amines is 1. The molecule has 1 aromatic rings. The Balaban J connectivity index is 2.06. The zero-order valence-electron chi connectivity index (χ0n) is 12.6. The molecule has 0 bridgehead atoms. The van der Waals surface area contributed by atoms with E-state index in [4.69, 9.17) is 0 Å². The summed E-state index contributed by atoms with van der Waals surface area (Å²) < 4.78 is 0.812. The van der Waals surface area contributed by atoms with Crippen LogP contribution in [0.25, 0.3) is 0 Å². The number of nitrogens with zero attached hydrogens (tertiary/aromatic N) is 3. The summed E-state index contributed by atoms with van der Waals surface area (Å²) in [6.45, 7) is 5.76. The third-order valence-electron chi connectivity index (χ3n) is 3.99. The number of hydrogen-bond donors (Lipinski definition) is 1. The average Bonchev–Trinajstić information content (AvgIpc) is 2.80. The summed E-state index contributed by atoms with van der Waals surface area (Å²) in [5.74, 6) is 0.343. The van der Waals surface area contributed by atoms with Crippen LogP contribution in [0, 0.1) is 0 Å². The van der Waals surface area contributed by atoms with Crippen LogP contribution >= 0.6 is 15.9 Å². The maximum atomic E-state index is 12.5. The SMILES string of the molecule is CC(C)c1[nH]nc(C(=O)N2CCC(N(C)C)CC2)c1Br. The second-order valence-corrected chi connectivity index (χ2v) is 6.73. The lowest BCUT2D eigenvalue weighted by molar-refractivity contribution is 0.0656. The smallest absolute Gasteiger partial charge is 0.275 e. The minimum Gasteiger partial charge on any atom is -0.337 e. The minimum atomic E-state index is 0.0252. The van der Waals surface area contributed by atoms with Gasteiger partial charge in [0.1, 0.15) is 0 Å². The van der Waals surface area contributed by atoms with Gasteiger partial charge in [-0.3, -0.25) is 9.89 Å². The van der Waals surface area contributed by atoms with E-state index < -0.39 is 0 Å². The molecule has 1 amide bonds. The third kappa shape index (κ3) is 3.06. The molecule has 0 saturated carbocycles. The van der Waals surface area contributed by atoms with Gasteiger partial charge in [-0.25, -0.2) is 0 Å². The third-order valence-corrected chi connectivity index (χ3v) is 4.80. The first-order valence-corrected chi connectivity index (χ1v) is 7.90. The summed E-state index contributed by atoms with van der Waals surface area (Å²) in [7, 11) is 4.20. The second-order valence-electron chi connectivity index (χ2n) is 5.94. The normalized spacial score (nSPS) is 17.2. The van der Waals surface area contributed by atoms with Crippen LogP contribution in [-0.2, 0) is 0 Å². The van der Waals surface area contributed by atoms with Crippen LogP contribution in [0.1, 0.15) is 48.8 Å². The van der Waals surface area contributed by atoms with Gasteiger partial charge in [0.05, 0.1) is 10.2 Å². The molecule has 0 aliphatic carbocycles. The number of piperidine rings is 1. The van der Waals surface area contributed by atoms with Crippen LogP contribution in [0.2, 0.25) is 0 Å². The zero-order valence-corrected chi connectivity index (χ0v) is 14.2. The van der Waals surface area contributed by atoms with Crippen LogP contribution in [0.4, 0.5) is 0 Å². The molecule has 0 unspecified atom stereocenters. The van der Waals surface area contributed by atoms with Gasteiger partial charge in [0.15, 0.2) is 5.69 Å². The Hall–Kier alpha value is -0.880. The summed E-state index contributed by atoms with van der Waals surface area (Å²) in [5, 5.41) is 7.16. The summed E-state index contributed by atoms with van der Waals surface area (Å²) in [5.41, 5.74) is 1.49. The van der Waals surface area contributed by atoms with Crippen LogP contribution in [0.3, 0.4) is 0 Å². The summed E-state index contributed by atoms with van der Waals surface area (Å²) in [6.07, 6.45) is 2.05. The van der Waals surface area contributed by atoms with Gasteiger partial charge in [-0.15, -0.1) is 0 Å². The number of rotatable bonds is 3. The van der Waals surface area contributed by atoms with Crippen LogP contribution in [-0.4, -0.2) is 59.1 Å². The number of likely N-dealkylation sites (tertiary alicyclic amines) is 1. The summed E-state index contributed by atoms with van der Waals surface area (Å²) in [6, 6.07) is 0.577. The van der Waals surface area contributed by atoms with Crippen molar-refractivity contribution in [3.05, 3.63) is 15.9 Å². The van der Waals surface area contributed by atoms with E-state index in [9.17, 15) is 4.79 Å². The lowest BCUT2D eigenvalue weighted by Crippen LogP contribution is -2.44. The minimum absolute atomic E-state index is 0.0252. The van der Waals surface area contributed by atoms with Crippen molar-refractivity contribution in [2.45, 2.75) is 38.6 Å². The lowest BCUT2D eigenvalue weighted by atomic mass is 10.0. The Bertz CT molecular complexity index is 476. The number of carbonyl (C=O) groups excluding carboxylic acids is 1. The fraction of sp³-hybridized carbons (Fsp3) is 0.714. The molecule has 6 heteroatoms. The lowest BCUT2D eigenvalue weighted by Gasteiger charge is -2.34. The van der Waals surface area contributed by atoms with Gasteiger partial charge in [0, 0.05) is 19.1 Å². The monoisotopic (exact) mass is 342 g/mol. The molecule has 112 valence electrons. The molecular weight excluding hydrogens is 320 g/mol. The Morgan fingerprint density at radius 3 is 2.45 bits per heavy atom. The van der Waals surface area contributed by atoms with E-state index in [0.717, 1.165) is 36.1 Å². The number of halogens is 1. The average molecular weight is 343 g/mol. The highest BCUT2D eigenvalue weighted by molar-refractivity contribution is 9.10. The van der Waals surface area contributed by atoms with Crippen molar-refractivity contribution in [2.24, 2.45) is 0 Å². The van der Waals surface area contributed by atoms with Gasteiger partial charge >= 0.3 is 0 Å². The molecule has 1 aliphatic heterocycles. The predicted molar refractivity (Wildman–Crippen MR) is 83.0 cm³/mol. The Morgan fingerprint density at radius 2 is 2.00 bits per heavy atom. The van der Waals surface area contributed by atoms with Gasteiger partial charge in [-0.05, 0) is 48.8 Å². The number of H-pyrrole nitrogens is 1. The van der Waals surface area contributed by atoms with E-state index in [-0.39, 0.29) is 5.91 Å². The number of nitrogens with one attached hydrogen (secondary N) is 1. The number of aromatic nitrogens is 2. The molecule has 20 heavy (non-hydrogen) atoms. The van der Waals surface area contributed by atoms with E-state index in [1.54, 1.807) is 0 Å². The molecule has 0 aromatic carbocycles. The Labute approximate surface area is 128 Å². The number of amides is 1. The second kappa shape index (κ2) is 6.26. The van der Waals surface area contributed by atoms with Crippen LogP contribution in [0.5, 0.6) is 0 Å². The molecule has 1 aliphatic rings. The van der Waals surface area contributed by atoms with Gasteiger partial charge in [-0.2, -0.15) is 5.10 Å². The van der Waals surface area contributed by atoms with Crippen molar-refractivity contribution < 1.29 is 4.79 Å². The highest BCUT2D eigenvalue weighted by Gasteiger charge is 2.28. The molecule has 1 N–H and O–H groups in total. The Kier molecular flexibility index (Phi) is 4.86. The molecule has 1 saturated heterocycles. The molecule has 1 fully saturated rings. The van der Waals surface area contributed by atoms with Crippen molar-refractivity contribution in [1.29, 1.82) is 0 Å². The molecule has 0 atom stereocenters. The van der Waals surface area contributed by atoms with Crippen LogP contribution in [0.15, 0.2) is 4.47 Å². The Morgan fingerprint density at radius 1 is 1.40 bits per heavy atom. The van der Waals surface area contributed by atoms with Crippen molar-refractivity contribution in [2.75, 3.05) is 27.2 Å². The first kappa shape index (κ1) is 15.5. The first-order valence-electron chi connectivity index (χ1n) is 7.11. The van der Waals surface area contributed by atoms with Crippen molar-refractivity contribution in [3.8, 4) is 0 Å².